The number of methoxy groups -OCH3 is 2. The number of nitrogens with two attached hydrogens (primary N) is 1. The fourth-order valence-electron chi connectivity index (χ4n) is 4.24. The lowest BCUT2D eigenvalue weighted by Gasteiger charge is -2.36. The first-order chi connectivity index (χ1) is 17.1. The van der Waals surface area contributed by atoms with Crippen molar-refractivity contribution in [2.24, 2.45) is 0 Å². The first-order valence-corrected chi connectivity index (χ1v) is 11.6. The highest BCUT2D eigenvalue weighted by atomic mass is 35.5. The number of halogens is 1. The van der Waals surface area contributed by atoms with Crippen LogP contribution in [0.1, 0.15) is 5.56 Å². The Morgan fingerprint density at radius 1 is 1.00 bits per heavy atom. The van der Waals surface area contributed by atoms with Crippen molar-refractivity contribution in [3.8, 4) is 23.0 Å². The van der Waals surface area contributed by atoms with Crippen LogP contribution in [0.3, 0.4) is 0 Å². The molecule has 0 bridgehead atoms. The van der Waals surface area contributed by atoms with Crippen LogP contribution in [0.25, 0.3) is 0 Å². The molecule has 2 aliphatic heterocycles. The zero-order valence-electron chi connectivity index (χ0n) is 19.6. The molecule has 0 unspecified atom stereocenters. The normalized spacial score (nSPS) is 15.2. The molecule has 0 radical (unpaired) electrons. The number of nitrogen functional groups attached to an aromatic ring is 1. The smallest absolute Gasteiger partial charge is 0.231 e. The number of piperazine rings is 1. The standard InChI is InChI=1S/C24H27ClN6O4/c1-32-19-11-20(33-2)17(10-16(19)25)29-23-22(26)24(28-13-27-23)31-7-5-30(6-8-31)12-15-3-4-18-21(9-15)35-14-34-18/h3-4,9-11,13H,5-8,12,14,26H2,1-2H3,(H,27,28,29). The van der Waals surface area contributed by atoms with Crippen LogP contribution in [-0.2, 0) is 6.54 Å². The van der Waals surface area contributed by atoms with Crippen LogP contribution in [0.2, 0.25) is 5.02 Å². The maximum atomic E-state index is 6.49. The fourth-order valence-corrected chi connectivity index (χ4v) is 4.48. The Morgan fingerprint density at radius 2 is 1.77 bits per heavy atom. The zero-order chi connectivity index (χ0) is 24.4. The van der Waals surface area contributed by atoms with Crippen LogP contribution < -0.4 is 34.9 Å². The van der Waals surface area contributed by atoms with Gasteiger partial charge in [-0.3, -0.25) is 4.90 Å². The highest BCUT2D eigenvalue weighted by molar-refractivity contribution is 6.32. The molecule has 0 atom stereocenters. The molecular formula is C24H27ClN6O4. The van der Waals surface area contributed by atoms with Crippen molar-refractivity contribution >= 4 is 34.6 Å². The number of rotatable bonds is 7. The molecule has 35 heavy (non-hydrogen) atoms. The van der Waals surface area contributed by atoms with E-state index in [-0.39, 0.29) is 6.79 Å². The average Bonchev–Trinajstić information content (AvgIpc) is 3.34. The van der Waals surface area contributed by atoms with Crippen molar-refractivity contribution in [3.63, 3.8) is 0 Å². The summed E-state index contributed by atoms with van der Waals surface area (Å²) in [5, 5.41) is 3.67. The van der Waals surface area contributed by atoms with Gasteiger partial charge in [-0.25, -0.2) is 9.97 Å². The molecule has 3 N–H and O–H groups in total. The number of aromatic nitrogens is 2. The minimum Gasteiger partial charge on any atom is -0.495 e. The minimum absolute atomic E-state index is 0.285. The van der Waals surface area contributed by atoms with E-state index in [2.05, 4.69) is 37.2 Å². The van der Waals surface area contributed by atoms with Gasteiger partial charge in [-0.1, -0.05) is 17.7 Å². The Hall–Kier alpha value is -3.63. The molecule has 1 aromatic heterocycles. The average molecular weight is 499 g/mol. The summed E-state index contributed by atoms with van der Waals surface area (Å²) in [5.41, 5.74) is 8.78. The summed E-state index contributed by atoms with van der Waals surface area (Å²) in [6.45, 7) is 4.47. The topological polar surface area (TPSA) is 107 Å². The summed E-state index contributed by atoms with van der Waals surface area (Å²) in [4.78, 5) is 13.4. The van der Waals surface area contributed by atoms with E-state index in [9.17, 15) is 0 Å². The predicted molar refractivity (Wildman–Crippen MR) is 134 cm³/mol. The van der Waals surface area contributed by atoms with Crippen molar-refractivity contribution in [1.29, 1.82) is 0 Å². The summed E-state index contributed by atoms with van der Waals surface area (Å²) in [7, 11) is 3.13. The summed E-state index contributed by atoms with van der Waals surface area (Å²) in [5.74, 6) is 3.87. The number of benzene rings is 2. The fraction of sp³-hybridized carbons (Fsp3) is 0.333. The van der Waals surface area contributed by atoms with Crippen molar-refractivity contribution in [1.82, 2.24) is 14.9 Å². The van der Waals surface area contributed by atoms with E-state index in [0.29, 0.717) is 39.5 Å². The molecule has 3 heterocycles. The number of nitrogens with zero attached hydrogens (tertiary/aromatic N) is 4. The Labute approximate surface area is 208 Å². The van der Waals surface area contributed by atoms with Crippen molar-refractivity contribution in [3.05, 3.63) is 47.2 Å². The number of nitrogens with one attached hydrogen (secondary N) is 1. The van der Waals surface area contributed by atoms with Gasteiger partial charge in [0.2, 0.25) is 6.79 Å². The van der Waals surface area contributed by atoms with Gasteiger partial charge in [0.05, 0.1) is 24.9 Å². The lowest BCUT2D eigenvalue weighted by Crippen LogP contribution is -2.46. The van der Waals surface area contributed by atoms with Gasteiger partial charge in [0.15, 0.2) is 23.1 Å². The lowest BCUT2D eigenvalue weighted by molar-refractivity contribution is 0.174. The number of hydrogen-bond acceptors (Lipinski definition) is 10. The van der Waals surface area contributed by atoms with Crippen molar-refractivity contribution in [2.75, 3.05) is 63.1 Å². The monoisotopic (exact) mass is 498 g/mol. The van der Waals surface area contributed by atoms with Crippen LogP contribution in [0.15, 0.2) is 36.7 Å². The molecule has 5 rings (SSSR count). The summed E-state index contributed by atoms with van der Waals surface area (Å²) in [6, 6.07) is 9.53. The van der Waals surface area contributed by atoms with Gasteiger partial charge in [0.25, 0.3) is 0 Å². The first kappa shape index (κ1) is 23.1. The third-order valence-corrected chi connectivity index (χ3v) is 6.40. The molecule has 0 spiro atoms. The van der Waals surface area contributed by atoms with E-state index in [1.807, 2.05) is 6.07 Å². The largest absolute Gasteiger partial charge is 0.495 e. The molecule has 2 aliphatic rings. The van der Waals surface area contributed by atoms with Gasteiger partial charge in [0, 0.05) is 38.8 Å². The molecule has 184 valence electrons. The van der Waals surface area contributed by atoms with Gasteiger partial charge in [0.1, 0.15) is 23.5 Å². The third kappa shape index (κ3) is 4.80. The molecule has 0 saturated carbocycles. The van der Waals surface area contributed by atoms with Gasteiger partial charge in [-0.05, 0) is 23.8 Å². The highest BCUT2D eigenvalue weighted by Gasteiger charge is 2.23. The molecule has 11 heteroatoms. The van der Waals surface area contributed by atoms with Crippen LogP contribution in [0.4, 0.5) is 23.0 Å². The molecule has 0 aliphatic carbocycles. The molecule has 1 fully saturated rings. The number of ether oxygens (including phenoxy) is 4. The molecule has 3 aromatic rings. The second-order valence-corrected chi connectivity index (χ2v) is 8.63. The van der Waals surface area contributed by atoms with Gasteiger partial charge < -0.3 is 34.9 Å². The maximum Gasteiger partial charge on any atom is 0.231 e. The summed E-state index contributed by atoms with van der Waals surface area (Å²) in [6.07, 6.45) is 1.50. The Morgan fingerprint density at radius 3 is 2.54 bits per heavy atom. The Balaban J connectivity index is 1.26. The number of hydrogen-bond donors (Lipinski definition) is 2. The third-order valence-electron chi connectivity index (χ3n) is 6.10. The van der Waals surface area contributed by atoms with E-state index in [0.717, 1.165) is 44.2 Å². The highest BCUT2D eigenvalue weighted by Crippen LogP contribution is 2.39. The van der Waals surface area contributed by atoms with E-state index in [4.69, 9.17) is 36.3 Å². The van der Waals surface area contributed by atoms with E-state index in [1.54, 1.807) is 26.4 Å². The van der Waals surface area contributed by atoms with Gasteiger partial charge in [-0.2, -0.15) is 0 Å². The molecule has 10 nitrogen and oxygen atoms in total. The van der Waals surface area contributed by atoms with E-state index >= 15 is 0 Å². The number of anilines is 4. The SMILES string of the molecule is COc1cc(OC)c(Nc2ncnc(N3CCN(Cc4ccc5c(c4)OCO5)CC3)c2N)cc1Cl. The van der Waals surface area contributed by atoms with Gasteiger partial charge >= 0.3 is 0 Å². The molecule has 1 saturated heterocycles. The summed E-state index contributed by atoms with van der Waals surface area (Å²) < 4.78 is 21.6. The Bertz CT molecular complexity index is 1220. The first-order valence-electron chi connectivity index (χ1n) is 11.2. The second kappa shape index (κ2) is 9.93. The maximum absolute atomic E-state index is 6.49. The Kier molecular flexibility index (Phi) is 6.56. The van der Waals surface area contributed by atoms with Crippen LogP contribution in [0, 0.1) is 0 Å². The van der Waals surface area contributed by atoms with Crippen LogP contribution in [0.5, 0.6) is 23.0 Å². The van der Waals surface area contributed by atoms with E-state index < -0.39 is 0 Å². The van der Waals surface area contributed by atoms with E-state index in [1.165, 1.54) is 11.9 Å². The van der Waals surface area contributed by atoms with Crippen LogP contribution >= 0.6 is 11.6 Å². The quantitative estimate of drug-likeness (QED) is 0.502. The zero-order valence-corrected chi connectivity index (χ0v) is 20.3. The molecule has 0 amide bonds. The predicted octanol–water partition coefficient (Wildman–Crippen LogP) is 3.52. The second-order valence-electron chi connectivity index (χ2n) is 8.22. The molecule has 2 aromatic carbocycles. The van der Waals surface area contributed by atoms with Gasteiger partial charge in [-0.15, -0.1) is 0 Å². The van der Waals surface area contributed by atoms with Crippen molar-refractivity contribution < 1.29 is 18.9 Å². The van der Waals surface area contributed by atoms with Crippen molar-refractivity contribution in [2.45, 2.75) is 6.54 Å². The number of fused-ring (bicyclic) bond motifs is 1. The minimum atomic E-state index is 0.285. The lowest BCUT2D eigenvalue weighted by atomic mass is 10.1. The van der Waals surface area contributed by atoms with Crippen LogP contribution in [-0.4, -0.2) is 62.1 Å². The molecular weight excluding hydrogens is 472 g/mol. The summed E-state index contributed by atoms with van der Waals surface area (Å²) >= 11 is 6.31.